The van der Waals surface area contributed by atoms with Crippen molar-refractivity contribution in [3.63, 3.8) is 0 Å². The van der Waals surface area contributed by atoms with Gasteiger partial charge >= 0.3 is 0 Å². The van der Waals surface area contributed by atoms with Crippen LogP contribution in [-0.4, -0.2) is 5.11 Å². The molecule has 1 N–H and O–H groups in total. The zero-order valence-electron chi connectivity index (χ0n) is 10.2. The first kappa shape index (κ1) is 12.0. The van der Waals surface area contributed by atoms with Crippen molar-refractivity contribution in [2.24, 2.45) is 0 Å². The SMILES string of the molecule is OC(CCc1ccco1)c1cc2cccc(F)c2o1. The molecule has 3 aromatic rings. The van der Waals surface area contributed by atoms with Crippen LogP contribution < -0.4 is 0 Å². The molecule has 0 radical (unpaired) electrons. The van der Waals surface area contributed by atoms with Crippen LogP contribution in [0.1, 0.15) is 24.0 Å². The summed E-state index contributed by atoms with van der Waals surface area (Å²) in [5.74, 6) is 0.773. The van der Waals surface area contributed by atoms with E-state index in [1.54, 1.807) is 30.5 Å². The molecule has 0 saturated carbocycles. The predicted octanol–water partition coefficient (Wildman–Crippen LogP) is 3.83. The maximum atomic E-state index is 13.5. The molecule has 0 amide bonds. The number of aliphatic hydroxyl groups excluding tert-OH is 1. The van der Waals surface area contributed by atoms with Gasteiger partial charge < -0.3 is 13.9 Å². The topological polar surface area (TPSA) is 46.5 Å². The van der Waals surface area contributed by atoms with Crippen LogP contribution in [0.5, 0.6) is 0 Å². The van der Waals surface area contributed by atoms with Crippen LogP contribution in [0, 0.1) is 5.82 Å². The summed E-state index contributed by atoms with van der Waals surface area (Å²) in [5, 5.41) is 10.7. The third kappa shape index (κ3) is 2.39. The highest BCUT2D eigenvalue weighted by Crippen LogP contribution is 2.28. The summed E-state index contributed by atoms with van der Waals surface area (Å²) in [5.41, 5.74) is 0.189. The van der Waals surface area contributed by atoms with Crippen molar-refractivity contribution < 1.29 is 18.3 Å². The highest BCUT2D eigenvalue weighted by atomic mass is 19.1. The molecule has 0 aliphatic heterocycles. The average Bonchev–Trinajstić information content (AvgIpc) is 3.05. The van der Waals surface area contributed by atoms with Crippen LogP contribution in [0.15, 0.2) is 51.5 Å². The Morgan fingerprint density at radius 1 is 1.21 bits per heavy atom. The molecule has 1 atom stereocenters. The number of hydrogen-bond donors (Lipinski definition) is 1. The Morgan fingerprint density at radius 2 is 2.11 bits per heavy atom. The van der Waals surface area contributed by atoms with E-state index in [0.29, 0.717) is 24.0 Å². The number of aryl methyl sites for hydroxylation is 1. The minimum absolute atomic E-state index is 0.189. The maximum Gasteiger partial charge on any atom is 0.170 e. The molecule has 0 spiro atoms. The molecule has 3 nitrogen and oxygen atoms in total. The van der Waals surface area contributed by atoms with Gasteiger partial charge in [0.05, 0.1) is 6.26 Å². The first-order valence-electron chi connectivity index (χ1n) is 6.12. The highest BCUT2D eigenvalue weighted by molar-refractivity contribution is 5.78. The number of benzene rings is 1. The van der Waals surface area contributed by atoms with E-state index in [0.717, 1.165) is 5.76 Å². The van der Waals surface area contributed by atoms with Gasteiger partial charge in [-0.2, -0.15) is 0 Å². The zero-order chi connectivity index (χ0) is 13.2. The fourth-order valence-electron chi connectivity index (χ4n) is 2.09. The van der Waals surface area contributed by atoms with E-state index >= 15 is 0 Å². The highest BCUT2D eigenvalue weighted by Gasteiger charge is 2.15. The summed E-state index contributed by atoms with van der Waals surface area (Å²) in [4.78, 5) is 0. The number of aliphatic hydroxyl groups is 1. The third-order valence-corrected chi connectivity index (χ3v) is 3.09. The molecule has 4 heteroatoms. The van der Waals surface area contributed by atoms with Gasteiger partial charge in [-0.25, -0.2) is 4.39 Å². The van der Waals surface area contributed by atoms with E-state index in [2.05, 4.69) is 0 Å². The number of furan rings is 2. The van der Waals surface area contributed by atoms with Gasteiger partial charge in [0, 0.05) is 11.8 Å². The lowest BCUT2D eigenvalue weighted by Crippen LogP contribution is -1.97. The number of para-hydroxylation sites is 1. The molecule has 0 bridgehead atoms. The summed E-state index contributed by atoms with van der Waals surface area (Å²) < 4.78 is 24.1. The van der Waals surface area contributed by atoms with Crippen molar-refractivity contribution in [2.45, 2.75) is 18.9 Å². The Morgan fingerprint density at radius 3 is 2.84 bits per heavy atom. The second kappa shape index (κ2) is 4.90. The fourth-order valence-corrected chi connectivity index (χ4v) is 2.09. The zero-order valence-corrected chi connectivity index (χ0v) is 10.2. The Kier molecular flexibility index (Phi) is 3.09. The van der Waals surface area contributed by atoms with Crippen molar-refractivity contribution in [3.05, 3.63) is 60.0 Å². The van der Waals surface area contributed by atoms with Crippen molar-refractivity contribution in [3.8, 4) is 0 Å². The van der Waals surface area contributed by atoms with Crippen molar-refractivity contribution in [1.29, 1.82) is 0 Å². The van der Waals surface area contributed by atoms with Crippen LogP contribution in [0.2, 0.25) is 0 Å². The quantitative estimate of drug-likeness (QED) is 0.775. The maximum absolute atomic E-state index is 13.5. The summed E-state index contributed by atoms with van der Waals surface area (Å²) in [6.45, 7) is 0. The molecule has 2 heterocycles. The van der Waals surface area contributed by atoms with Crippen molar-refractivity contribution in [2.75, 3.05) is 0 Å². The Bertz CT molecular complexity index is 670. The number of halogens is 1. The van der Waals surface area contributed by atoms with E-state index in [4.69, 9.17) is 8.83 Å². The second-order valence-corrected chi connectivity index (χ2v) is 4.44. The van der Waals surface area contributed by atoms with E-state index in [-0.39, 0.29) is 5.58 Å². The van der Waals surface area contributed by atoms with Gasteiger partial charge in [0.2, 0.25) is 0 Å². The van der Waals surface area contributed by atoms with E-state index < -0.39 is 11.9 Å². The third-order valence-electron chi connectivity index (χ3n) is 3.09. The molecule has 3 rings (SSSR count). The van der Waals surface area contributed by atoms with Gasteiger partial charge in [0.1, 0.15) is 17.6 Å². The molecule has 1 unspecified atom stereocenters. The summed E-state index contributed by atoms with van der Waals surface area (Å²) in [7, 11) is 0. The average molecular weight is 260 g/mol. The molecule has 0 fully saturated rings. The summed E-state index contributed by atoms with van der Waals surface area (Å²) in [6, 6.07) is 10.0. The lowest BCUT2D eigenvalue weighted by atomic mass is 10.1. The largest absolute Gasteiger partial charge is 0.469 e. The van der Waals surface area contributed by atoms with Gasteiger partial charge in [-0.05, 0) is 30.7 Å². The van der Waals surface area contributed by atoms with Gasteiger partial charge in [0.25, 0.3) is 0 Å². The molecular formula is C15H13FO3. The van der Waals surface area contributed by atoms with Gasteiger partial charge in [-0.1, -0.05) is 12.1 Å². The minimum atomic E-state index is -0.767. The number of fused-ring (bicyclic) bond motifs is 1. The van der Waals surface area contributed by atoms with Gasteiger partial charge in [-0.15, -0.1) is 0 Å². The lowest BCUT2D eigenvalue weighted by molar-refractivity contribution is 0.140. The summed E-state index contributed by atoms with van der Waals surface area (Å²) in [6.07, 6.45) is 1.90. The van der Waals surface area contributed by atoms with E-state index in [1.165, 1.54) is 6.07 Å². The predicted molar refractivity (Wildman–Crippen MR) is 68.2 cm³/mol. The van der Waals surface area contributed by atoms with E-state index in [9.17, 15) is 9.50 Å². The van der Waals surface area contributed by atoms with Crippen molar-refractivity contribution in [1.82, 2.24) is 0 Å². The smallest absolute Gasteiger partial charge is 0.170 e. The molecular weight excluding hydrogens is 247 g/mol. The second-order valence-electron chi connectivity index (χ2n) is 4.44. The molecule has 0 aliphatic carbocycles. The molecule has 19 heavy (non-hydrogen) atoms. The lowest BCUT2D eigenvalue weighted by Gasteiger charge is -2.05. The Labute approximate surface area is 109 Å². The molecule has 0 aliphatic rings. The molecule has 98 valence electrons. The van der Waals surface area contributed by atoms with Crippen LogP contribution in [-0.2, 0) is 6.42 Å². The molecule has 1 aromatic carbocycles. The minimum Gasteiger partial charge on any atom is -0.469 e. The monoisotopic (exact) mass is 260 g/mol. The first-order chi connectivity index (χ1) is 9.24. The molecule has 2 aromatic heterocycles. The Balaban J connectivity index is 1.77. The van der Waals surface area contributed by atoms with Crippen molar-refractivity contribution >= 4 is 11.0 Å². The number of hydrogen-bond acceptors (Lipinski definition) is 3. The van der Waals surface area contributed by atoms with Gasteiger partial charge in [-0.3, -0.25) is 0 Å². The summed E-state index contributed by atoms with van der Waals surface area (Å²) >= 11 is 0. The van der Waals surface area contributed by atoms with Crippen LogP contribution in [0.25, 0.3) is 11.0 Å². The first-order valence-corrected chi connectivity index (χ1v) is 6.12. The fraction of sp³-hybridized carbons (Fsp3) is 0.200. The standard InChI is InChI=1S/C15H13FO3/c16-12-5-1-3-10-9-14(19-15(10)12)13(17)7-6-11-4-2-8-18-11/h1-5,8-9,13,17H,6-7H2. The normalized spacial score (nSPS) is 12.9. The van der Waals surface area contributed by atoms with E-state index in [1.807, 2.05) is 6.07 Å². The van der Waals surface area contributed by atoms with Crippen LogP contribution in [0.4, 0.5) is 4.39 Å². The molecule has 0 saturated heterocycles. The van der Waals surface area contributed by atoms with Crippen LogP contribution >= 0.6 is 0 Å². The number of rotatable bonds is 4. The van der Waals surface area contributed by atoms with Crippen LogP contribution in [0.3, 0.4) is 0 Å². The Hall–Kier alpha value is -2.07. The van der Waals surface area contributed by atoms with Gasteiger partial charge in [0.15, 0.2) is 11.4 Å².